The molecule has 2 aromatic carbocycles. The summed E-state index contributed by atoms with van der Waals surface area (Å²) in [4.78, 5) is 10.1. The van der Waals surface area contributed by atoms with Gasteiger partial charge in [-0.15, -0.1) is 0 Å². The minimum absolute atomic E-state index is 0.144. The standard InChI is InChI=1S/C25H21N5O/c1-15-14-30(20-8-6-19(27-3)7-9-20)22-12-17(18-5-11-23(26)28-13-18)4-10-21(22)24-16(2)29-31-25(15)24/h4-13,15H,14H2,1-2H3,(H2,26,28). The van der Waals surface area contributed by atoms with Crippen LogP contribution in [0.2, 0.25) is 0 Å². The molecule has 6 heteroatoms. The van der Waals surface area contributed by atoms with E-state index < -0.39 is 0 Å². The van der Waals surface area contributed by atoms with Crippen molar-refractivity contribution in [3.63, 3.8) is 0 Å². The molecule has 4 aromatic rings. The molecule has 0 bridgehead atoms. The highest BCUT2D eigenvalue weighted by Crippen LogP contribution is 2.46. The van der Waals surface area contributed by atoms with Crippen LogP contribution in [-0.2, 0) is 0 Å². The molecule has 1 aliphatic heterocycles. The molecule has 1 atom stereocenters. The molecule has 1 aliphatic rings. The van der Waals surface area contributed by atoms with Gasteiger partial charge in [0.1, 0.15) is 11.6 Å². The van der Waals surface area contributed by atoms with Crippen LogP contribution in [0.15, 0.2) is 65.3 Å². The van der Waals surface area contributed by atoms with Crippen molar-refractivity contribution >= 4 is 22.9 Å². The van der Waals surface area contributed by atoms with E-state index in [0.29, 0.717) is 11.5 Å². The molecule has 0 fully saturated rings. The van der Waals surface area contributed by atoms with Gasteiger partial charge in [0, 0.05) is 46.7 Å². The first-order chi connectivity index (χ1) is 15.0. The van der Waals surface area contributed by atoms with E-state index in [1.54, 1.807) is 6.20 Å². The number of aryl methyl sites for hydroxylation is 1. The first-order valence-corrected chi connectivity index (χ1v) is 10.1. The van der Waals surface area contributed by atoms with Gasteiger partial charge >= 0.3 is 0 Å². The Hall–Kier alpha value is -4.11. The summed E-state index contributed by atoms with van der Waals surface area (Å²) in [5.74, 6) is 1.55. The van der Waals surface area contributed by atoms with Crippen molar-refractivity contribution in [2.45, 2.75) is 19.8 Å². The third-order valence-electron chi connectivity index (χ3n) is 5.76. The normalized spacial score (nSPS) is 15.0. The zero-order chi connectivity index (χ0) is 21.5. The number of fused-ring (bicyclic) bond motifs is 3. The number of aromatic nitrogens is 2. The molecule has 31 heavy (non-hydrogen) atoms. The van der Waals surface area contributed by atoms with Crippen LogP contribution in [-0.4, -0.2) is 16.7 Å². The number of anilines is 3. The Morgan fingerprint density at radius 1 is 1.10 bits per heavy atom. The number of nitrogens with zero attached hydrogens (tertiary/aromatic N) is 4. The summed E-state index contributed by atoms with van der Waals surface area (Å²) in [7, 11) is 0. The molecular formula is C25H21N5O. The van der Waals surface area contributed by atoms with E-state index in [4.69, 9.17) is 16.8 Å². The van der Waals surface area contributed by atoms with Crippen LogP contribution in [0.4, 0.5) is 22.9 Å². The number of rotatable bonds is 2. The predicted molar refractivity (Wildman–Crippen MR) is 122 cm³/mol. The number of nitrogen functional groups attached to an aromatic ring is 1. The molecule has 0 radical (unpaired) electrons. The van der Waals surface area contributed by atoms with Crippen LogP contribution in [0.5, 0.6) is 0 Å². The molecule has 0 spiro atoms. The summed E-state index contributed by atoms with van der Waals surface area (Å²) in [5.41, 5.74) is 13.6. The lowest BCUT2D eigenvalue weighted by Crippen LogP contribution is -2.21. The molecule has 0 aliphatic carbocycles. The monoisotopic (exact) mass is 407 g/mol. The number of hydrogen-bond acceptors (Lipinski definition) is 5. The van der Waals surface area contributed by atoms with Crippen molar-refractivity contribution in [3.05, 3.63) is 83.7 Å². The Morgan fingerprint density at radius 2 is 1.87 bits per heavy atom. The summed E-state index contributed by atoms with van der Waals surface area (Å²) < 4.78 is 5.74. The zero-order valence-electron chi connectivity index (χ0n) is 17.3. The van der Waals surface area contributed by atoms with Gasteiger partial charge in [0.25, 0.3) is 0 Å². The lowest BCUT2D eigenvalue weighted by atomic mass is 9.96. The maximum absolute atomic E-state index is 7.25. The maximum Gasteiger partial charge on any atom is 0.187 e. The average molecular weight is 407 g/mol. The fraction of sp³-hybridized carbons (Fsp3) is 0.160. The van der Waals surface area contributed by atoms with Crippen molar-refractivity contribution in [1.29, 1.82) is 0 Å². The zero-order valence-corrected chi connectivity index (χ0v) is 17.3. The van der Waals surface area contributed by atoms with Crippen molar-refractivity contribution in [3.8, 4) is 22.3 Å². The highest BCUT2D eigenvalue weighted by atomic mass is 16.5. The van der Waals surface area contributed by atoms with Gasteiger partial charge in [0.15, 0.2) is 5.69 Å². The van der Waals surface area contributed by atoms with E-state index in [9.17, 15) is 0 Å². The molecule has 2 aromatic heterocycles. The number of pyridine rings is 1. The van der Waals surface area contributed by atoms with Crippen LogP contribution >= 0.6 is 0 Å². The van der Waals surface area contributed by atoms with Gasteiger partial charge in [-0.1, -0.05) is 36.3 Å². The predicted octanol–water partition coefficient (Wildman–Crippen LogP) is 6.10. The van der Waals surface area contributed by atoms with E-state index in [-0.39, 0.29) is 5.92 Å². The summed E-state index contributed by atoms with van der Waals surface area (Å²) in [5, 5.41) is 4.25. The van der Waals surface area contributed by atoms with Crippen molar-refractivity contribution in [2.24, 2.45) is 0 Å². The summed E-state index contributed by atoms with van der Waals surface area (Å²) in [6, 6.07) is 17.9. The highest BCUT2D eigenvalue weighted by Gasteiger charge is 2.30. The number of nitrogens with two attached hydrogens (primary N) is 1. The summed E-state index contributed by atoms with van der Waals surface area (Å²) in [6.45, 7) is 12.1. The first kappa shape index (κ1) is 18.9. The summed E-state index contributed by atoms with van der Waals surface area (Å²) in [6.07, 6.45) is 1.79. The van der Waals surface area contributed by atoms with Gasteiger partial charge in [0.05, 0.1) is 12.3 Å². The Bertz CT molecular complexity index is 1300. The van der Waals surface area contributed by atoms with Crippen molar-refractivity contribution in [2.75, 3.05) is 17.2 Å². The van der Waals surface area contributed by atoms with Crippen LogP contribution in [0.1, 0.15) is 24.3 Å². The minimum Gasteiger partial charge on any atom is -0.384 e. The van der Waals surface area contributed by atoms with Gasteiger partial charge in [-0.2, -0.15) is 0 Å². The van der Waals surface area contributed by atoms with Crippen molar-refractivity contribution in [1.82, 2.24) is 10.1 Å². The SMILES string of the molecule is [C-]#[N+]c1ccc(N2CC(C)c3onc(C)c3-c3ccc(-c4ccc(N)nc4)cc32)cc1. The lowest BCUT2D eigenvalue weighted by molar-refractivity contribution is 0.364. The van der Waals surface area contributed by atoms with E-state index >= 15 is 0 Å². The molecule has 6 nitrogen and oxygen atoms in total. The van der Waals surface area contributed by atoms with E-state index in [1.807, 2.05) is 43.3 Å². The van der Waals surface area contributed by atoms with Gasteiger partial charge < -0.3 is 15.2 Å². The molecule has 0 saturated carbocycles. The fourth-order valence-corrected chi connectivity index (χ4v) is 4.18. The van der Waals surface area contributed by atoms with Crippen LogP contribution < -0.4 is 10.6 Å². The van der Waals surface area contributed by atoms with E-state index in [1.165, 1.54) is 0 Å². The number of benzene rings is 2. The van der Waals surface area contributed by atoms with Crippen molar-refractivity contribution < 1.29 is 4.52 Å². The molecule has 5 rings (SSSR count). The van der Waals surface area contributed by atoms with E-state index in [2.05, 4.69) is 45.0 Å². The highest BCUT2D eigenvalue weighted by molar-refractivity contribution is 5.89. The second-order valence-electron chi connectivity index (χ2n) is 7.85. The van der Waals surface area contributed by atoms with Gasteiger partial charge in [-0.25, -0.2) is 9.83 Å². The third kappa shape index (κ3) is 3.21. The Kier molecular flexibility index (Phi) is 4.45. The molecule has 1 unspecified atom stereocenters. The Labute approximate surface area is 180 Å². The number of hydrogen-bond donors (Lipinski definition) is 1. The second kappa shape index (κ2) is 7.29. The van der Waals surface area contributed by atoms with E-state index in [0.717, 1.165) is 51.6 Å². The molecule has 152 valence electrons. The molecule has 0 amide bonds. The van der Waals surface area contributed by atoms with Crippen LogP contribution in [0, 0.1) is 13.5 Å². The van der Waals surface area contributed by atoms with Gasteiger partial charge in [-0.05, 0) is 42.8 Å². The minimum atomic E-state index is 0.144. The maximum atomic E-state index is 7.25. The van der Waals surface area contributed by atoms with Gasteiger partial charge in [0.2, 0.25) is 0 Å². The quantitative estimate of drug-likeness (QED) is 0.407. The fourth-order valence-electron chi connectivity index (χ4n) is 4.18. The molecular weight excluding hydrogens is 386 g/mol. The van der Waals surface area contributed by atoms with Gasteiger partial charge in [-0.3, -0.25) is 0 Å². The first-order valence-electron chi connectivity index (χ1n) is 10.1. The Morgan fingerprint density at radius 3 is 2.58 bits per heavy atom. The Balaban J connectivity index is 1.72. The third-order valence-corrected chi connectivity index (χ3v) is 5.76. The molecule has 3 heterocycles. The topological polar surface area (TPSA) is 72.5 Å². The van der Waals surface area contributed by atoms with Crippen LogP contribution in [0.25, 0.3) is 27.1 Å². The largest absolute Gasteiger partial charge is 0.384 e. The lowest BCUT2D eigenvalue weighted by Gasteiger charge is -2.27. The smallest absolute Gasteiger partial charge is 0.187 e. The van der Waals surface area contributed by atoms with Crippen LogP contribution in [0.3, 0.4) is 0 Å². The average Bonchev–Trinajstić information content (AvgIpc) is 3.13. The molecule has 0 saturated heterocycles. The molecule has 2 N–H and O–H groups in total. The second-order valence-corrected chi connectivity index (χ2v) is 7.85. The summed E-state index contributed by atoms with van der Waals surface area (Å²) >= 11 is 0.